The normalized spacial score (nSPS) is 15.7. The Morgan fingerprint density at radius 1 is 0.909 bits per heavy atom. The minimum atomic E-state index is -0.391. The highest BCUT2D eigenvalue weighted by atomic mass is 32.2. The highest BCUT2D eigenvalue weighted by Crippen LogP contribution is 2.37. The Morgan fingerprint density at radius 2 is 1.52 bits per heavy atom. The minimum Gasteiger partial charge on any atom is -0.497 e. The standard InChI is InChI=1S/C25H21N3O4S/c1-31-20-12-8-18(9-13-20)27-25-28(19-10-14-21(32-2)15-11-19)24(30)22(33-25)16-23(29)26-17-6-4-3-5-7-17/h3-16H,1-2H3,(H,26,29)/b22-16+,27-25?. The zero-order valence-electron chi connectivity index (χ0n) is 18.0. The smallest absolute Gasteiger partial charge is 0.271 e. The van der Waals surface area contributed by atoms with Crippen molar-refractivity contribution in [3.05, 3.63) is 89.8 Å². The molecule has 8 heteroatoms. The second-order valence-corrected chi connectivity index (χ2v) is 7.91. The number of rotatable bonds is 6. The van der Waals surface area contributed by atoms with E-state index < -0.39 is 5.91 Å². The molecule has 33 heavy (non-hydrogen) atoms. The summed E-state index contributed by atoms with van der Waals surface area (Å²) >= 11 is 1.14. The van der Waals surface area contributed by atoms with Crippen LogP contribution in [-0.2, 0) is 9.59 Å². The molecule has 0 aliphatic carbocycles. The summed E-state index contributed by atoms with van der Waals surface area (Å²) in [6, 6.07) is 23.3. The van der Waals surface area contributed by atoms with Crippen LogP contribution in [0.2, 0.25) is 0 Å². The number of carbonyl (C=O) groups is 2. The summed E-state index contributed by atoms with van der Waals surface area (Å²) in [7, 11) is 3.17. The number of benzene rings is 3. The van der Waals surface area contributed by atoms with Gasteiger partial charge in [0.1, 0.15) is 11.5 Å². The molecule has 7 nitrogen and oxygen atoms in total. The van der Waals surface area contributed by atoms with E-state index in [-0.39, 0.29) is 10.8 Å². The average Bonchev–Trinajstić information content (AvgIpc) is 3.14. The third-order valence-corrected chi connectivity index (χ3v) is 5.71. The van der Waals surface area contributed by atoms with Gasteiger partial charge in [-0.15, -0.1) is 0 Å². The number of hydrogen-bond acceptors (Lipinski definition) is 6. The summed E-state index contributed by atoms with van der Waals surface area (Å²) in [6.45, 7) is 0. The molecule has 0 aromatic heterocycles. The van der Waals surface area contributed by atoms with E-state index in [4.69, 9.17) is 9.47 Å². The fourth-order valence-electron chi connectivity index (χ4n) is 3.09. The fraction of sp³-hybridized carbons (Fsp3) is 0.0800. The lowest BCUT2D eigenvalue weighted by Crippen LogP contribution is -2.28. The van der Waals surface area contributed by atoms with Crippen molar-refractivity contribution in [3.8, 4) is 11.5 Å². The molecule has 0 atom stereocenters. The van der Waals surface area contributed by atoms with Crippen molar-refractivity contribution in [1.29, 1.82) is 0 Å². The largest absolute Gasteiger partial charge is 0.497 e. The number of nitrogens with zero attached hydrogens (tertiary/aromatic N) is 2. The first-order chi connectivity index (χ1) is 16.1. The quantitative estimate of drug-likeness (QED) is 0.525. The molecule has 0 spiro atoms. The van der Waals surface area contributed by atoms with E-state index in [1.165, 1.54) is 11.0 Å². The fourth-order valence-corrected chi connectivity index (χ4v) is 4.07. The van der Waals surface area contributed by atoms with Gasteiger partial charge in [0.05, 0.1) is 30.5 Å². The number of thioether (sulfide) groups is 1. The summed E-state index contributed by atoms with van der Waals surface area (Å²) < 4.78 is 10.4. The number of para-hydroxylation sites is 1. The van der Waals surface area contributed by atoms with Crippen LogP contribution in [0.4, 0.5) is 17.1 Å². The first-order valence-electron chi connectivity index (χ1n) is 10.0. The van der Waals surface area contributed by atoms with Crippen LogP contribution in [0.3, 0.4) is 0 Å². The van der Waals surface area contributed by atoms with Crippen molar-refractivity contribution in [2.45, 2.75) is 0 Å². The van der Waals surface area contributed by atoms with Crippen molar-refractivity contribution in [3.63, 3.8) is 0 Å². The molecule has 0 radical (unpaired) electrons. The van der Waals surface area contributed by atoms with Gasteiger partial charge >= 0.3 is 0 Å². The summed E-state index contributed by atoms with van der Waals surface area (Å²) in [5.74, 6) is 0.655. The van der Waals surface area contributed by atoms with Crippen LogP contribution >= 0.6 is 11.8 Å². The van der Waals surface area contributed by atoms with E-state index in [9.17, 15) is 9.59 Å². The van der Waals surface area contributed by atoms with Crippen molar-refractivity contribution in [2.75, 3.05) is 24.4 Å². The lowest BCUT2D eigenvalue weighted by Gasteiger charge is -2.16. The van der Waals surface area contributed by atoms with E-state index >= 15 is 0 Å². The Labute approximate surface area is 195 Å². The first kappa shape index (κ1) is 22.2. The molecule has 1 aliphatic rings. The molecule has 1 heterocycles. The molecular formula is C25H21N3O4S. The lowest BCUT2D eigenvalue weighted by molar-refractivity contribution is -0.115. The highest BCUT2D eigenvalue weighted by molar-refractivity contribution is 8.19. The number of amides is 2. The maximum atomic E-state index is 13.3. The number of anilines is 2. The van der Waals surface area contributed by atoms with Gasteiger partial charge in [-0.3, -0.25) is 14.5 Å². The van der Waals surface area contributed by atoms with Crippen molar-refractivity contribution >= 4 is 45.8 Å². The Bertz CT molecular complexity index is 1210. The van der Waals surface area contributed by atoms with Gasteiger partial charge in [0, 0.05) is 11.8 Å². The molecule has 1 fully saturated rings. The lowest BCUT2D eigenvalue weighted by atomic mass is 10.2. The molecule has 166 valence electrons. The maximum Gasteiger partial charge on any atom is 0.271 e. The SMILES string of the molecule is COc1ccc(N=C2S/C(=C/C(=O)Nc3ccccc3)C(=O)N2c2ccc(OC)cc2)cc1. The van der Waals surface area contributed by atoms with Crippen LogP contribution in [0.25, 0.3) is 0 Å². The van der Waals surface area contributed by atoms with Gasteiger partial charge in [-0.25, -0.2) is 4.99 Å². The zero-order valence-corrected chi connectivity index (χ0v) is 18.8. The number of carbonyl (C=O) groups excluding carboxylic acids is 2. The number of amidine groups is 1. The van der Waals surface area contributed by atoms with Crippen LogP contribution in [0, 0.1) is 0 Å². The zero-order chi connectivity index (χ0) is 23.2. The highest BCUT2D eigenvalue weighted by Gasteiger charge is 2.35. The Kier molecular flexibility index (Phi) is 6.75. The van der Waals surface area contributed by atoms with Crippen molar-refractivity contribution in [1.82, 2.24) is 0 Å². The third-order valence-electron chi connectivity index (χ3n) is 4.74. The average molecular weight is 460 g/mol. The Balaban J connectivity index is 1.66. The van der Waals surface area contributed by atoms with E-state index in [0.717, 1.165) is 11.8 Å². The second kappa shape index (κ2) is 10.1. The summed E-state index contributed by atoms with van der Waals surface area (Å²) in [5, 5.41) is 3.21. The van der Waals surface area contributed by atoms with Crippen LogP contribution in [0.5, 0.6) is 11.5 Å². The molecule has 1 saturated heterocycles. The van der Waals surface area contributed by atoms with Gasteiger partial charge in [-0.05, 0) is 72.4 Å². The second-order valence-electron chi connectivity index (χ2n) is 6.90. The number of hydrogen-bond donors (Lipinski definition) is 1. The minimum absolute atomic E-state index is 0.270. The van der Waals surface area contributed by atoms with Crippen LogP contribution < -0.4 is 19.7 Å². The summed E-state index contributed by atoms with van der Waals surface area (Å²) in [5.41, 5.74) is 1.92. The van der Waals surface area contributed by atoms with Gasteiger partial charge in [-0.1, -0.05) is 18.2 Å². The summed E-state index contributed by atoms with van der Waals surface area (Å²) in [4.78, 5) is 32.2. The molecule has 4 rings (SSSR count). The maximum absolute atomic E-state index is 13.3. The van der Waals surface area contributed by atoms with Crippen LogP contribution in [-0.4, -0.2) is 31.2 Å². The molecular weight excluding hydrogens is 438 g/mol. The van der Waals surface area contributed by atoms with Crippen molar-refractivity contribution < 1.29 is 19.1 Å². The van der Waals surface area contributed by atoms with Crippen LogP contribution in [0.15, 0.2) is 94.8 Å². The topological polar surface area (TPSA) is 80.2 Å². The van der Waals surface area contributed by atoms with Gasteiger partial charge in [-0.2, -0.15) is 0 Å². The molecule has 1 aliphatic heterocycles. The Morgan fingerprint density at radius 3 is 2.12 bits per heavy atom. The molecule has 3 aromatic rings. The molecule has 3 aromatic carbocycles. The van der Waals surface area contributed by atoms with E-state index in [0.29, 0.717) is 33.7 Å². The molecule has 1 N–H and O–H groups in total. The predicted octanol–water partition coefficient (Wildman–Crippen LogP) is 4.99. The Hall–Kier alpha value is -4.04. The number of aliphatic imine (C=N–C) groups is 1. The van der Waals surface area contributed by atoms with Gasteiger partial charge < -0.3 is 14.8 Å². The number of ether oxygens (including phenoxy) is 2. The van der Waals surface area contributed by atoms with E-state index in [1.807, 2.05) is 18.2 Å². The van der Waals surface area contributed by atoms with Gasteiger partial charge in [0.15, 0.2) is 5.17 Å². The van der Waals surface area contributed by atoms with Gasteiger partial charge in [0.2, 0.25) is 5.91 Å². The molecule has 2 amide bonds. The van der Waals surface area contributed by atoms with Crippen molar-refractivity contribution in [2.24, 2.45) is 4.99 Å². The molecule has 0 saturated carbocycles. The first-order valence-corrected chi connectivity index (χ1v) is 10.9. The summed E-state index contributed by atoms with van der Waals surface area (Å²) in [6.07, 6.45) is 1.30. The van der Waals surface area contributed by atoms with Gasteiger partial charge in [0.25, 0.3) is 5.91 Å². The molecule has 0 unspecified atom stereocenters. The number of nitrogens with one attached hydrogen (secondary N) is 1. The predicted molar refractivity (Wildman–Crippen MR) is 131 cm³/mol. The number of methoxy groups -OCH3 is 2. The monoisotopic (exact) mass is 459 g/mol. The third kappa shape index (κ3) is 5.24. The molecule has 0 bridgehead atoms. The van der Waals surface area contributed by atoms with Crippen LogP contribution in [0.1, 0.15) is 0 Å². The van der Waals surface area contributed by atoms with E-state index in [2.05, 4.69) is 10.3 Å². The van der Waals surface area contributed by atoms with E-state index in [1.54, 1.807) is 74.9 Å².